The monoisotopic (exact) mass is 388 g/mol. The third kappa shape index (κ3) is 3.46. The van der Waals surface area contributed by atoms with E-state index in [0.717, 1.165) is 6.07 Å². The second-order valence-corrected chi connectivity index (χ2v) is 7.60. The Morgan fingerprint density at radius 2 is 1.96 bits per heavy atom. The van der Waals surface area contributed by atoms with Gasteiger partial charge in [-0.15, -0.1) is 0 Å². The van der Waals surface area contributed by atoms with Gasteiger partial charge in [0.2, 0.25) is 5.90 Å². The Balaban J connectivity index is 2.03. The van der Waals surface area contributed by atoms with Crippen LogP contribution < -0.4 is 4.18 Å². The molecule has 0 amide bonds. The average molecular weight is 388 g/mol. The maximum atomic E-state index is 12.6. The molecule has 0 saturated carbocycles. The molecule has 1 aromatic carbocycles. The minimum Gasteiger partial charge on any atom is -0.474 e. The molecule has 0 aliphatic carbocycles. The van der Waals surface area contributed by atoms with Crippen LogP contribution >= 0.6 is 0 Å². The summed E-state index contributed by atoms with van der Waals surface area (Å²) in [7, 11) is -5.80. The zero-order chi connectivity index (χ0) is 19.1. The Hall–Kier alpha value is -2.36. The topological polar surface area (TPSA) is 77.9 Å². The zero-order valence-corrected chi connectivity index (χ0v) is 14.6. The van der Waals surface area contributed by atoms with Crippen molar-refractivity contribution in [3.05, 3.63) is 36.0 Å². The maximum Gasteiger partial charge on any atom is 0.534 e. The van der Waals surface area contributed by atoms with Crippen LogP contribution in [0.4, 0.5) is 13.2 Å². The van der Waals surface area contributed by atoms with Gasteiger partial charge in [0.15, 0.2) is 5.75 Å². The third-order valence-electron chi connectivity index (χ3n) is 3.83. The Morgan fingerprint density at radius 3 is 2.58 bits per heavy atom. The van der Waals surface area contributed by atoms with Gasteiger partial charge in [0.05, 0.1) is 6.04 Å². The van der Waals surface area contributed by atoms with Crippen LogP contribution in [-0.4, -0.2) is 37.5 Å². The van der Waals surface area contributed by atoms with Gasteiger partial charge in [0.1, 0.15) is 17.8 Å². The molecule has 0 radical (unpaired) electrons. The molecule has 0 N–H and O–H groups in total. The standard InChI is InChI=1S/C16H15F3N2O4S/c1-9(2)12-8-24-15(21-12)11-7-6-10-4-3-5-13(14(10)20-11)25-26(22,23)16(17,18)19/h3-7,9,12H,8H2,1-2H3. The summed E-state index contributed by atoms with van der Waals surface area (Å²) in [5, 5.41) is 0.419. The van der Waals surface area contributed by atoms with Crippen LogP contribution in [0.25, 0.3) is 10.9 Å². The van der Waals surface area contributed by atoms with Crippen LogP contribution in [0, 0.1) is 5.92 Å². The van der Waals surface area contributed by atoms with Crippen molar-refractivity contribution in [2.24, 2.45) is 10.9 Å². The Bertz CT molecular complexity index is 971. The largest absolute Gasteiger partial charge is 0.534 e. The number of aromatic nitrogens is 1. The Morgan fingerprint density at radius 1 is 1.23 bits per heavy atom. The normalized spacial score (nSPS) is 18.1. The van der Waals surface area contributed by atoms with Gasteiger partial charge in [-0.2, -0.15) is 21.6 Å². The maximum absolute atomic E-state index is 12.6. The number of fused-ring (bicyclic) bond motifs is 1. The zero-order valence-electron chi connectivity index (χ0n) is 13.8. The summed E-state index contributed by atoms with van der Waals surface area (Å²) in [6.45, 7) is 4.36. The van der Waals surface area contributed by atoms with Crippen LogP contribution in [0.1, 0.15) is 19.5 Å². The summed E-state index contributed by atoms with van der Waals surface area (Å²) in [4.78, 5) is 8.61. The highest BCUT2D eigenvalue weighted by Crippen LogP contribution is 2.31. The lowest BCUT2D eigenvalue weighted by molar-refractivity contribution is -0.0499. The number of alkyl halides is 3. The molecule has 10 heteroatoms. The molecule has 26 heavy (non-hydrogen) atoms. The van der Waals surface area contributed by atoms with Crippen LogP contribution in [0.3, 0.4) is 0 Å². The molecular formula is C16H15F3N2O4S. The van der Waals surface area contributed by atoms with E-state index in [1.54, 1.807) is 18.2 Å². The molecule has 1 atom stereocenters. The molecule has 0 fully saturated rings. The van der Waals surface area contributed by atoms with E-state index < -0.39 is 21.4 Å². The van der Waals surface area contributed by atoms with Crippen molar-refractivity contribution in [2.75, 3.05) is 6.61 Å². The lowest BCUT2D eigenvalue weighted by atomic mass is 10.1. The minimum absolute atomic E-state index is 0.0304. The van der Waals surface area contributed by atoms with Gasteiger partial charge in [0.25, 0.3) is 0 Å². The van der Waals surface area contributed by atoms with Crippen molar-refractivity contribution < 1.29 is 30.5 Å². The highest BCUT2D eigenvalue weighted by atomic mass is 32.2. The summed E-state index contributed by atoms with van der Waals surface area (Å²) >= 11 is 0. The molecule has 0 spiro atoms. The quantitative estimate of drug-likeness (QED) is 0.593. The molecule has 0 saturated heterocycles. The first kappa shape index (κ1) is 18.4. The van der Waals surface area contributed by atoms with Crippen molar-refractivity contribution in [2.45, 2.75) is 25.4 Å². The van der Waals surface area contributed by atoms with E-state index in [1.807, 2.05) is 13.8 Å². The number of ether oxygens (including phenoxy) is 1. The third-order valence-corrected chi connectivity index (χ3v) is 4.79. The van der Waals surface area contributed by atoms with Gasteiger partial charge < -0.3 is 8.92 Å². The number of aliphatic imine (C=N–C) groups is 1. The van der Waals surface area contributed by atoms with Crippen LogP contribution in [0.2, 0.25) is 0 Å². The van der Waals surface area contributed by atoms with E-state index in [9.17, 15) is 21.6 Å². The van der Waals surface area contributed by atoms with E-state index in [2.05, 4.69) is 14.2 Å². The van der Waals surface area contributed by atoms with Crippen molar-refractivity contribution in [3.8, 4) is 5.75 Å². The molecule has 2 heterocycles. The van der Waals surface area contributed by atoms with E-state index in [0.29, 0.717) is 17.7 Å². The van der Waals surface area contributed by atoms with Gasteiger partial charge >= 0.3 is 15.6 Å². The summed E-state index contributed by atoms with van der Waals surface area (Å²) in [6.07, 6.45) is 0. The number of benzene rings is 1. The van der Waals surface area contributed by atoms with Crippen molar-refractivity contribution in [1.82, 2.24) is 4.98 Å². The van der Waals surface area contributed by atoms with Crippen molar-refractivity contribution in [3.63, 3.8) is 0 Å². The fourth-order valence-electron chi connectivity index (χ4n) is 2.34. The second-order valence-electron chi connectivity index (χ2n) is 6.06. The smallest absolute Gasteiger partial charge is 0.474 e. The first-order valence-electron chi connectivity index (χ1n) is 7.70. The summed E-state index contributed by atoms with van der Waals surface area (Å²) in [5.74, 6) is 0.00328. The lowest BCUT2D eigenvalue weighted by Gasteiger charge is -2.11. The fraction of sp³-hybridized carbons (Fsp3) is 0.375. The first-order valence-corrected chi connectivity index (χ1v) is 9.11. The van der Waals surface area contributed by atoms with Crippen LogP contribution in [0.15, 0.2) is 35.3 Å². The highest BCUT2D eigenvalue weighted by Gasteiger charge is 2.48. The predicted molar refractivity (Wildman–Crippen MR) is 88.5 cm³/mol. The summed E-state index contributed by atoms with van der Waals surface area (Å²) in [5.41, 5.74) is -5.27. The second kappa shape index (κ2) is 6.42. The number of halogens is 3. The van der Waals surface area contributed by atoms with Crippen molar-refractivity contribution in [1.29, 1.82) is 0 Å². The summed E-state index contributed by atoms with van der Waals surface area (Å²) < 4.78 is 70.1. The molecule has 140 valence electrons. The Kier molecular flexibility index (Phi) is 4.55. The number of nitrogens with zero attached hydrogens (tertiary/aromatic N) is 2. The van der Waals surface area contributed by atoms with E-state index in [1.165, 1.54) is 6.07 Å². The van der Waals surface area contributed by atoms with E-state index >= 15 is 0 Å². The Labute approximate surface area is 147 Å². The first-order chi connectivity index (χ1) is 12.1. The van der Waals surface area contributed by atoms with Gasteiger partial charge in [-0.1, -0.05) is 32.0 Å². The molecule has 2 aromatic rings. The van der Waals surface area contributed by atoms with Gasteiger partial charge in [-0.05, 0) is 18.1 Å². The number of hydrogen-bond acceptors (Lipinski definition) is 6. The van der Waals surface area contributed by atoms with E-state index in [-0.39, 0.29) is 23.4 Å². The summed E-state index contributed by atoms with van der Waals surface area (Å²) in [6, 6.07) is 7.21. The van der Waals surface area contributed by atoms with E-state index in [4.69, 9.17) is 4.74 Å². The molecule has 3 rings (SSSR count). The molecule has 1 unspecified atom stereocenters. The molecule has 1 aromatic heterocycles. The SMILES string of the molecule is CC(C)C1COC(c2ccc3cccc(OS(=O)(=O)C(F)(F)F)c3n2)=N1. The lowest BCUT2D eigenvalue weighted by Crippen LogP contribution is -2.28. The van der Waals surface area contributed by atoms with Gasteiger partial charge in [-0.3, -0.25) is 0 Å². The van der Waals surface area contributed by atoms with Crippen LogP contribution in [-0.2, 0) is 14.9 Å². The molecule has 0 bridgehead atoms. The molecule has 6 nitrogen and oxygen atoms in total. The number of rotatable bonds is 4. The highest BCUT2D eigenvalue weighted by molar-refractivity contribution is 7.88. The number of pyridine rings is 1. The van der Waals surface area contributed by atoms with Crippen LogP contribution in [0.5, 0.6) is 5.75 Å². The van der Waals surface area contributed by atoms with Gasteiger partial charge in [-0.25, -0.2) is 9.98 Å². The minimum atomic E-state index is -5.80. The van der Waals surface area contributed by atoms with Gasteiger partial charge in [0, 0.05) is 5.39 Å². The van der Waals surface area contributed by atoms with Crippen molar-refractivity contribution >= 4 is 26.9 Å². The number of para-hydroxylation sites is 1. The molecule has 1 aliphatic heterocycles. The molecular weight excluding hydrogens is 373 g/mol. The predicted octanol–water partition coefficient (Wildman–Crippen LogP) is 3.26. The molecule has 1 aliphatic rings. The average Bonchev–Trinajstić information content (AvgIpc) is 3.04. The fourth-order valence-corrected chi connectivity index (χ4v) is 2.81. The number of hydrogen-bond donors (Lipinski definition) is 0.